The van der Waals surface area contributed by atoms with Crippen LogP contribution in [-0.4, -0.2) is 38.5 Å². The van der Waals surface area contributed by atoms with Gasteiger partial charge >= 0.3 is 5.97 Å². The summed E-state index contributed by atoms with van der Waals surface area (Å²) in [6.45, 7) is 1.27. The Morgan fingerprint density at radius 3 is 1.84 bits per heavy atom. The van der Waals surface area contributed by atoms with E-state index in [1.165, 1.54) is 6.92 Å². The number of ether oxygens (including phenoxy) is 1. The fourth-order valence-electron chi connectivity index (χ4n) is 1.35. The number of rotatable bonds is 4. The summed E-state index contributed by atoms with van der Waals surface area (Å²) >= 11 is 0. The van der Waals surface area contributed by atoms with Crippen molar-refractivity contribution >= 4 is 26.2 Å². The normalized spacial score (nSPS) is 12.2. The second-order valence-electron chi connectivity index (χ2n) is 3.30. The van der Waals surface area contributed by atoms with Crippen LogP contribution in [0.5, 0.6) is 0 Å². The van der Waals surface area contributed by atoms with E-state index in [1.54, 1.807) is 0 Å². The lowest BCUT2D eigenvalue weighted by Crippen LogP contribution is -2.16. The van der Waals surface area contributed by atoms with E-state index in [0.717, 1.165) is 18.2 Å². The van der Waals surface area contributed by atoms with Gasteiger partial charge in [-0.1, -0.05) is 6.07 Å². The minimum absolute atomic E-state index is 0.149. The molecular formula is C9H10O8S2. The molecule has 0 saturated carbocycles. The Hall–Kier alpha value is -1.49. The van der Waals surface area contributed by atoms with Crippen LogP contribution in [0.25, 0.3) is 0 Å². The van der Waals surface area contributed by atoms with Crippen molar-refractivity contribution < 1.29 is 35.5 Å². The van der Waals surface area contributed by atoms with Crippen molar-refractivity contribution in [2.45, 2.75) is 16.7 Å². The van der Waals surface area contributed by atoms with Crippen LogP contribution >= 0.6 is 0 Å². The van der Waals surface area contributed by atoms with Gasteiger partial charge in [0.1, 0.15) is 15.4 Å². The first-order valence-corrected chi connectivity index (χ1v) is 7.72. The molecule has 0 fully saturated rings. The van der Waals surface area contributed by atoms with Crippen LogP contribution in [0.4, 0.5) is 0 Å². The summed E-state index contributed by atoms with van der Waals surface area (Å²) in [6, 6.07) is 2.58. The molecular weight excluding hydrogens is 300 g/mol. The SMILES string of the molecule is CCOC(=O)c1c(S(=O)(=O)O)cccc1S(=O)(=O)O. The lowest BCUT2D eigenvalue weighted by molar-refractivity contribution is 0.0516. The molecule has 0 radical (unpaired) electrons. The number of carbonyl (C=O) groups excluding carboxylic acids is 1. The van der Waals surface area contributed by atoms with Gasteiger partial charge in [0.05, 0.1) is 6.61 Å². The molecule has 19 heavy (non-hydrogen) atoms. The summed E-state index contributed by atoms with van der Waals surface area (Å²) in [5, 5.41) is 0. The van der Waals surface area contributed by atoms with Crippen molar-refractivity contribution in [1.82, 2.24) is 0 Å². The molecule has 0 aromatic heterocycles. The summed E-state index contributed by atoms with van der Waals surface area (Å²) in [7, 11) is -9.71. The third kappa shape index (κ3) is 3.50. The molecule has 2 N–H and O–H groups in total. The standard InChI is InChI=1S/C9H10O8S2/c1-2-17-9(10)8-6(18(11,12)13)4-3-5-7(8)19(14,15)16/h3-5H,2H2,1H3,(H,11,12,13)(H,14,15,16). The van der Waals surface area contributed by atoms with Crippen molar-refractivity contribution in [2.24, 2.45) is 0 Å². The van der Waals surface area contributed by atoms with Crippen LogP contribution in [0.2, 0.25) is 0 Å². The summed E-state index contributed by atoms with van der Waals surface area (Å²) in [5.74, 6) is -1.29. The molecule has 0 spiro atoms. The van der Waals surface area contributed by atoms with E-state index in [-0.39, 0.29) is 6.61 Å². The van der Waals surface area contributed by atoms with Gasteiger partial charge in [-0.2, -0.15) is 16.8 Å². The summed E-state index contributed by atoms with van der Waals surface area (Å²) in [4.78, 5) is 9.69. The molecule has 1 aromatic carbocycles. The zero-order valence-corrected chi connectivity index (χ0v) is 11.2. The Labute approximate surface area is 109 Å². The molecule has 1 rings (SSSR count). The van der Waals surface area contributed by atoms with Crippen LogP contribution < -0.4 is 0 Å². The Morgan fingerprint density at radius 2 is 1.53 bits per heavy atom. The van der Waals surface area contributed by atoms with Gasteiger partial charge < -0.3 is 4.74 Å². The first-order valence-electron chi connectivity index (χ1n) is 4.84. The zero-order valence-electron chi connectivity index (χ0n) is 9.60. The van der Waals surface area contributed by atoms with Gasteiger partial charge in [-0.05, 0) is 19.1 Å². The first-order chi connectivity index (χ1) is 8.59. The second-order valence-corrected chi connectivity index (χ2v) is 6.08. The number of hydrogen-bond donors (Lipinski definition) is 2. The molecule has 0 bridgehead atoms. The average molecular weight is 310 g/mol. The second kappa shape index (κ2) is 5.25. The molecule has 0 heterocycles. The van der Waals surface area contributed by atoms with Gasteiger partial charge in [0, 0.05) is 0 Å². The van der Waals surface area contributed by atoms with Crippen molar-refractivity contribution in [3.05, 3.63) is 23.8 Å². The summed E-state index contributed by atoms with van der Waals surface area (Å²) in [5.41, 5.74) is -0.936. The molecule has 106 valence electrons. The summed E-state index contributed by atoms with van der Waals surface area (Å²) < 4.78 is 66.9. The van der Waals surface area contributed by atoms with Gasteiger partial charge in [0.25, 0.3) is 20.2 Å². The van der Waals surface area contributed by atoms with E-state index >= 15 is 0 Å². The smallest absolute Gasteiger partial charge is 0.340 e. The maximum atomic E-state index is 11.6. The molecule has 0 aliphatic carbocycles. The van der Waals surface area contributed by atoms with E-state index in [2.05, 4.69) is 4.74 Å². The highest BCUT2D eigenvalue weighted by molar-refractivity contribution is 7.86. The monoisotopic (exact) mass is 310 g/mol. The molecule has 0 aliphatic rings. The number of esters is 1. The van der Waals surface area contributed by atoms with Crippen LogP contribution in [0, 0.1) is 0 Å². The predicted molar refractivity (Wildman–Crippen MR) is 62.0 cm³/mol. The topological polar surface area (TPSA) is 135 Å². The minimum Gasteiger partial charge on any atom is -0.462 e. The first kappa shape index (κ1) is 15.6. The molecule has 10 heteroatoms. The third-order valence-electron chi connectivity index (χ3n) is 2.02. The van der Waals surface area contributed by atoms with E-state index < -0.39 is 41.6 Å². The largest absolute Gasteiger partial charge is 0.462 e. The Balaban J connectivity index is 3.75. The quantitative estimate of drug-likeness (QED) is 0.601. The Kier molecular flexibility index (Phi) is 4.30. The van der Waals surface area contributed by atoms with Crippen molar-refractivity contribution in [3.8, 4) is 0 Å². The van der Waals surface area contributed by atoms with Crippen LogP contribution in [0.1, 0.15) is 17.3 Å². The molecule has 8 nitrogen and oxygen atoms in total. The lowest BCUT2D eigenvalue weighted by Gasteiger charge is -2.10. The maximum absolute atomic E-state index is 11.6. The van der Waals surface area contributed by atoms with E-state index in [9.17, 15) is 21.6 Å². The average Bonchev–Trinajstić information content (AvgIpc) is 2.26. The molecule has 0 amide bonds. The van der Waals surface area contributed by atoms with Gasteiger partial charge in [-0.25, -0.2) is 4.79 Å². The fourth-order valence-corrected chi connectivity index (χ4v) is 2.81. The highest BCUT2D eigenvalue weighted by atomic mass is 32.2. The van der Waals surface area contributed by atoms with Crippen LogP contribution in [0.3, 0.4) is 0 Å². The highest BCUT2D eigenvalue weighted by Crippen LogP contribution is 2.24. The summed E-state index contributed by atoms with van der Waals surface area (Å²) in [6.07, 6.45) is 0. The lowest BCUT2D eigenvalue weighted by atomic mass is 10.2. The number of benzene rings is 1. The Morgan fingerprint density at radius 1 is 1.11 bits per heavy atom. The van der Waals surface area contributed by atoms with E-state index in [0.29, 0.717) is 0 Å². The molecule has 0 aliphatic heterocycles. The van der Waals surface area contributed by atoms with E-state index in [1.807, 2.05) is 0 Å². The number of carbonyl (C=O) groups is 1. The van der Waals surface area contributed by atoms with Crippen molar-refractivity contribution in [2.75, 3.05) is 6.61 Å². The molecule has 0 atom stereocenters. The van der Waals surface area contributed by atoms with Crippen LogP contribution in [-0.2, 0) is 25.0 Å². The van der Waals surface area contributed by atoms with Gasteiger partial charge in [-0.3, -0.25) is 9.11 Å². The van der Waals surface area contributed by atoms with Gasteiger partial charge in [0.2, 0.25) is 0 Å². The maximum Gasteiger partial charge on any atom is 0.340 e. The third-order valence-corrected chi connectivity index (χ3v) is 3.82. The Bertz CT molecular complexity index is 651. The van der Waals surface area contributed by atoms with Crippen molar-refractivity contribution in [3.63, 3.8) is 0 Å². The molecule has 0 unspecified atom stereocenters. The molecule has 0 saturated heterocycles. The van der Waals surface area contributed by atoms with E-state index in [4.69, 9.17) is 9.11 Å². The molecule has 1 aromatic rings. The number of hydrogen-bond acceptors (Lipinski definition) is 6. The van der Waals surface area contributed by atoms with Gasteiger partial charge in [-0.15, -0.1) is 0 Å². The zero-order chi connectivity index (χ0) is 14.8. The van der Waals surface area contributed by atoms with Gasteiger partial charge in [0.15, 0.2) is 0 Å². The van der Waals surface area contributed by atoms with Crippen LogP contribution in [0.15, 0.2) is 28.0 Å². The minimum atomic E-state index is -4.86. The fraction of sp³-hybridized carbons (Fsp3) is 0.222. The van der Waals surface area contributed by atoms with Crippen molar-refractivity contribution in [1.29, 1.82) is 0 Å². The highest BCUT2D eigenvalue weighted by Gasteiger charge is 2.29. The predicted octanol–water partition coefficient (Wildman–Crippen LogP) is 0.357.